The lowest BCUT2D eigenvalue weighted by atomic mass is 9.99. The largest absolute Gasteiger partial charge is 0.342 e. The van der Waals surface area contributed by atoms with Gasteiger partial charge in [0, 0.05) is 19.0 Å². The quantitative estimate of drug-likeness (QED) is 0.834. The Balaban J connectivity index is 1.61. The highest BCUT2D eigenvalue weighted by molar-refractivity contribution is 5.79. The Labute approximate surface area is 120 Å². The second-order valence-electron chi connectivity index (χ2n) is 5.40. The molecule has 0 aliphatic carbocycles. The van der Waals surface area contributed by atoms with Gasteiger partial charge in [0.1, 0.15) is 0 Å². The van der Waals surface area contributed by atoms with E-state index in [9.17, 15) is 4.79 Å². The number of hydrogen-bond acceptors (Lipinski definition) is 1. The van der Waals surface area contributed by atoms with Gasteiger partial charge >= 0.3 is 0 Å². The van der Waals surface area contributed by atoms with Crippen molar-refractivity contribution in [1.29, 1.82) is 0 Å². The van der Waals surface area contributed by atoms with Crippen molar-refractivity contribution in [3.8, 4) is 0 Å². The third kappa shape index (κ3) is 2.90. The number of carbonyl (C=O) groups is 1. The van der Waals surface area contributed by atoms with Crippen LogP contribution in [0.25, 0.3) is 0 Å². The van der Waals surface area contributed by atoms with Gasteiger partial charge in [-0.05, 0) is 17.5 Å². The molecule has 1 saturated heterocycles. The van der Waals surface area contributed by atoms with Crippen LogP contribution >= 0.6 is 0 Å². The monoisotopic (exact) mass is 265 g/mol. The Morgan fingerprint density at radius 2 is 1.65 bits per heavy atom. The average Bonchev–Trinajstić information content (AvgIpc) is 2.99. The van der Waals surface area contributed by atoms with E-state index >= 15 is 0 Å². The normalized spacial score (nSPS) is 18.2. The van der Waals surface area contributed by atoms with Crippen LogP contribution in [0.4, 0.5) is 0 Å². The van der Waals surface area contributed by atoms with Gasteiger partial charge in [0.2, 0.25) is 5.91 Å². The molecule has 2 aromatic carbocycles. The summed E-state index contributed by atoms with van der Waals surface area (Å²) in [5, 5.41) is 0. The Bertz CT molecular complexity index is 564. The lowest BCUT2D eigenvalue weighted by Crippen LogP contribution is -2.29. The van der Waals surface area contributed by atoms with Crippen LogP contribution in [0.3, 0.4) is 0 Å². The standard InChI is InChI=1S/C18H19NO/c20-18(13-15-7-3-1-4-8-15)19-12-11-17(14-19)16-9-5-2-6-10-16/h1-10,17H,11-14H2. The predicted octanol–water partition coefficient (Wildman–Crippen LogP) is 3.25. The van der Waals surface area contributed by atoms with Gasteiger partial charge in [-0.2, -0.15) is 0 Å². The molecular weight excluding hydrogens is 246 g/mol. The summed E-state index contributed by atoms with van der Waals surface area (Å²) in [5.41, 5.74) is 2.45. The number of carbonyl (C=O) groups excluding carboxylic acids is 1. The van der Waals surface area contributed by atoms with Gasteiger partial charge in [-0.15, -0.1) is 0 Å². The second kappa shape index (κ2) is 5.91. The van der Waals surface area contributed by atoms with Gasteiger partial charge in [-0.25, -0.2) is 0 Å². The van der Waals surface area contributed by atoms with E-state index in [0.29, 0.717) is 12.3 Å². The lowest BCUT2D eigenvalue weighted by molar-refractivity contribution is -0.129. The zero-order chi connectivity index (χ0) is 13.8. The van der Waals surface area contributed by atoms with E-state index in [-0.39, 0.29) is 5.91 Å². The highest BCUT2D eigenvalue weighted by atomic mass is 16.2. The maximum absolute atomic E-state index is 12.3. The summed E-state index contributed by atoms with van der Waals surface area (Å²) >= 11 is 0. The summed E-state index contributed by atoms with van der Waals surface area (Å²) in [6, 6.07) is 20.5. The highest BCUT2D eigenvalue weighted by Crippen LogP contribution is 2.27. The molecule has 0 spiro atoms. The maximum atomic E-state index is 12.3. The number of amides is 1. The molecule has 0 radical (unpaired) electrons. The molecule has 1 atom stereocenters. The zero-order valence-corrected chi connectivity index (χ0v) is 11.5. The molecule has 20 heavy (non-hydrogen) atoms. The second-order valence-corrected chi connectivity index (χ2v) is 5.40. The lowest BCUT2D eigenvalue weighted by Gasteiger charge is -2.16. The maximum Gasteiger partial charge on any atom is 0.227 e. The van der Waals surface area contributed by atoms with Crippen LogP contribution in [-0.2, 0) is 11.2 Å². The van der Waals surface area contributed by atoms with Gasteiger partial charge in [0.15, 0.2) is 0 Å². The first-order chi connectivity index (χ1) is 9.83. The van der Waals surface area contributed by atoms with Crippen molar-refractivity contribution in [3.63, 3.8) is 0 Å². The third-order valence-corrected chi connectivity index (χ3v) is 4.01. The molecule has 0 saturated carbocycles. The van der Waals surface area contributed by atoms with E-state index in [0.717, 1.165) is 25.1 Å². The molecule has 2 heteroatoms. The van der Waals surface area contributed by atoms with E-state index in [1.165, 1.54) is 5.56 Å². The average molecular weight is 265 g/mol. The van der Waals surface area contributed by atoms with Crippen LogP contribution in [0.2, 0.25) is 0 Å². The minimum absolute atomic E-state index is 0.245. The van der Waals surface area contributed by atoms with E-state index in [2.05, 4.69) is 24.3 Å². The number of rotatable bonds is 3. The van der Waals surface area contributed by atoms with Crippen molar-refractivity contribution in [3.05, 3.63) is 71.8 Å². The molecular formula is C18H19NO. The molecule has 2 aromatic rings. The molecule has 2 nitrogen and oxygen atoms in total. The van der Waals surface area contributed by atoms with Crippen LogP contribution in [0.1, 0.15) is 23.5 Å². The van der Waals surface area contributed by atoms with Gasteiger partial charge in [-0.3, -0.25) is 4.79 Å². The van der Waals surface area contributed by atoms with Crippen LogP contribution in [-0.4, -0.2) is 23.9 Å². The fourth-order valence-electron chi connectivity index (χ4n) is 2.87. The van der Waals surface area contributed by atoms with Crippen molar-refractivity contribution >= 4 is 5.91 Å². The van der Waals surface area contributed by atoms with E-state index in [4.69, 9.17) is 0 Å². The molecule has 0 aromatic heterocycles. The molecule has 1 amide bonds. The van der Waals surface area contributed by atoms with Gasteiger partial charge in [0.25, 0.3) is 0 Å². The summed E-state index contributed by atoms with van der Waals surface area (Å²) in [4.78, 5) is 14.3. The molecule has 3 rings (SSSR count). The van der Waals surface area contributed by atoms with Gasteiger partial charge in [-0.1, -0.05) is 60.7 Å². The molecule has 1 unspecified atom stereocenters. The third-order valence-electron chi connectivity index (χ3n) is 4.01. The fourth-order valence-corrected chi connectivity index (χ4v) is 2.87. The first kappa shape index (κ1) is 12.9. The van der Waals surface area contributed by atoms with Crippen molar-refractivity contribution in [2.75, 3.05) is 13.1 Å². The van der Waals surface area contributed by atoms with Crippen LogP contribution < -0.4 is 0 Å². The first-order valence-electron chi connectivity index (χ1n) is 7.19. The first-order valence-corrected chi connectivity index (χ1v) is 7.19. The molecule has 0 bridgehead atoms. The van der Waals surface area contributed by atoms with Crippen molar-refractivity contribution in [2.24, 2.45) is 0 Å². The van der Waals surface area contributed by atoms with Gasteiger partial charge in [0.05, 0.1) is 6.42 Å². The van der Waals surface area contributed by atoms with E-state index in [1.807, 2.05) is 41.3 Å². The van der Waals surface area contributed by atoms with Crippen molar-refractivity contribution in [2.45, 2.75) is 18.8 Å². The highest BCUT2D eigenvalue weighted by Gasteiger charge is 2.26. The van der Waals surface area contributed by atoms with Crippen LogP contribution in [0, 0.1) is 0 Å². The minimum atomic E-state index is 0.245. The Morgan fingerprint density at radius 3 is 2.35 bits per heavy atom. The molecule has 1 fully saturated rings. The Kier molecular flexibility index (Phi) is 3.82. The summed E-state index contributed by atoms with van der Waals surface area (Å²) in [5.74, 6) is 0.741. The summed E-state index contributed by atoms with van der Waals surface area (Å²) in [7, 11) is 0. The summed E-state index contributed by atoms with van der Waals surface area (Å²) in [6.45, 7) is 1.74. The van der Waals surface area contributed by atoms with Gasteiger partial charge < -0.3 is 4.90 Å². The molecule has 1 aliphatic heterocycles. The summed E-state index contributed by atoms with van der Waals surface area (Å²) in [6.07, 6.45) is 1.59. The number of benzene rings is 2. The Hall–Kier alpha value is -2.09. The number of nitrogens with zero attached hydrogens (tertiary/aromatic N) is 1. The van der Waals surface area contributed by atoms with Crippen LogP contribution in [0.15, 0.2) is 60.7 Å². The summed E-state index contributed by atoms with van der Waals surface area (Å²) < 4.78 is 0. The topological polar surface area (TPSA) is 20.3 Å². The number of likely N-dealkylation sites (tertiary alicyclic amines) is 1. The van der Waals surface area contributed by atoms with Crippen LogP contribution in [0.5, 0.6) is 0 Å². The van der Waals surface area contributed by atoms with E-state index < -0.39 is 0 Å². The molecule has 1 heterocycles. The Morgan fingerprint density at radius 1 is 1.00 bits per heavy atom. The number of hydrogen-bond donors (Lipinski definition) is 0. The molecule has 1 aliphatic rings. The molecule has 102 valence electrons. The zero-order valence-electron chi connectivity index (χ0n) is 11.5. The molecule has 0 N–H and O–H groups in total. The smallest absolute Gasteiger partial charge is 0.227 e. The SMILES string of the molecule is O=C(Cc1ccccc1)N1CCC(c2ccccc2)C1. The van der Waals surface area contributed by atoms with Crippen molar-refractivity contribution in [1.82, 2.24) is 4.90 Å². The fraction of sp³-hybridized carbons (Fsp3) is 0.278. The predicted molar refractivity (Wildman–Crippen MR) is 80.5 cm³/mol. The minimum Gasteiger partial charge on any atom is -0.342 e. The van der Waals surface area contributed by atoms with Crippen molar-refractivity contribution < 1.29 is 4.79 Å². The van der Waals surface area contributed by atoms with E-state index in [1.54, 1.807) is 0 Å².